The maximum absolute atomic E-state index is 13.2. The van der Waals surface area contributed by atoms with Gasteiger partial charge in [-0.3, -0.25) is 14.6 Å². The number of nitrogens with zero attached hydrogens (tertiary/aromatic N) is 2. The van der Waals surface area contributed by atoms with E-state index in [1.54, 1.807) is 18.2 Å². The summed E-state index contributed by atoms with van der Waals surface area (Å²) < 4.78 is 23.1. The maximum Gasteiger partial charge on any atom is 0.273 e. The van der Waals surface area contributed by atoms with Gasteiger partial charge in [0.05, 0.1) is 13.2 Å². The molecule has 10 heteroatoms. The number of methoxy groups -OCH3 is 2. The SMILES string of the molecule is COCCNC(=O)c1nc(C(=O)NCCOC)c2cc(Cc3ccc(F)cc3)cnc2c1O. The van der Waals surface area contributed by atoms with E-state index in [4.69, 9.17) is 9.47 Å². The zero-order chi connectivity index (χ0) is 23.8. The summed E-state index contributed by atoms with van der Waals surface area (Å²) in [7, 11) is 3.00. The number of hydrogen-bond donors (Lipinski definition) is 3. The molecule has 1 aromatic carbocycles. The van der Waals surface area contributed by atoms with E-state index in [0.29, 0.717) is 13.0 Å². The summed E-state index contributed by atoms with van der Waals surface area (Å²) >= 11 is 0. The molecule has 3 N–H and O–H groups in total. The number of fused-ring (bicyclic) bond motifs is 1. The lowest BCUT2D eigenvalue weighted by Gasteiger charge is -2.13. The molecule has 0 bridgehead atoms. The molecule has 0 saturated carbocycles. The molecular formula is C23H25FN4O5. The Bertz CT molecular complexity index is 1140. The molecule has 9 nitrogen and oxygen atoms in total. The lowest BCUT2D eigenvalue weighted by molar-refractivity contribution is 0.0926. The average molecular weight is 456 g/mol. The molecule has 33 heavy (non-hydrogen) atoms. The fourth-order valence-electron chi connectivity index (χ4n) is 3.18. The van der Waals surface area contributed by atoms with Gasteiger partial charge in [0.25, 0.3) is 11.8 Å². The monoisotopic (exact) mass is 456 g/mol. The minimum absolute atomic E-state index is 0.0516. The van der Waals surface area contributed by atoms with Crippen LogP contribution in [0.15, 0.2) is 36.5 Å². The number of halogens is 1. The van der Waals surface area contributed by atoms with Gasteiger partial charge in [-0.25, -0.2) is 9.37 Å². The number of rotatable bonds is 10. The van der Waals surface area contributed by atoms with Crippen LogP contribution in [0.1, 0.15) is 32.1 Å². The Morgan fingerprint density at radius 3 is 2.18 bits per heavy atom. The number of ether oxygens (including phenoxy) is 2. The van der Waals surface area contributed by atoms with E-state index in [2.05, 4.69) is 20.6 Å². The van der Waals surface area contributed by atoms with Gasteiger partial charge in [-0.15, -0.1) is 0 Å². The van der Waals surface area contributed by atoms with E-state index in [1.165, 1.54) is 32.5 Å². The molecule has 0 aliphatic rings. The largest absolute Gasteiger partial charge is 0.504 e. The summed E-state index contributed by atoms with van der Waals surface area (Å²) in [5.74, 6) is -1.96. The maximum atomic E-state index is 13.2. The minimum Gasteiger partial charge on any atom is -0.504 e. The molecule has 3 rings (SSSR count). The van der Waals surface area contributed by atoms with E-state index in [1.807, 2.05) is 0 Å². The standard InChI is InChI=1S/C23H25FN4O5/c1-32-9-7-25-22(30)19-17-12-15(11-14-3-5-16(24)6-4-14)13-27-18(17)21(29)20(28-19)23(31)26-8-10-33-2/h3-6,12-13,29H,7-11H2,1-2H3,(H,25,30)(H,26,31). The van der Waals surface area contributed by atoms with E-state index < -0.39 is 17.6 Å². The molecule has 174 valence electrons. The first-order chi connectivity index (χ1) is 15.9. The predicted molar refractivity (Wildman–Crippen MR) is 119 cm³/mol. The summed E-state index contributed by atoms with van der Waals surface area (Å²) in [4.78, 5) is 33.9. The molecule has 0 spiro atoms. The third-order valence-electron chi connectivity index (χ3n) is 4.81. The molecule has 0 atom stereocenters. The fourth-order valence-corrected chi connectivity index (χ4v) is 3.18. The minimum atomic E-state index is -0.658. The van der Waals surface area contributed by atoms with Crippen molar-refractivity contribution >= 4 is 22.7 Å². The number of aromatic nitrogens is 2. The van der Waals surface area contributed by atoms with Crippen LogP contribution in [0.4, 0.5) is 4.39 Å². The molecule has 2 amide bonds. The first kappa shape index (κ1) is 24.0. The lowest BCUT2D eigenvalue weighted by Crippen LogP contribution is -2.31. The molecule has 0 radical (unpaired) electrons. The van der Waals surface area contributed by atoms with Crippen LogP contribution in [-0.4, -0.2) is 67.4 Å². The number of carbonyl (C=O) groups is 2. The van der Waals surface area contributed by atoms with Crippen molar-refractivity contribution in [2.45, 2.75) is 6.42 Å². The second kappa shape index (κ2) is 11.3. The van der Waals surface area contributed by atoms with Crippen LogP contribution < -0.4 is 10.6 Å². The second-order valence-corrected chi connectivity index (χ2v) is 7.20. The van der Waals surface area contributed by atoms with Crippen LogP contribution in [-0.2, 0) is 15.9 Å². The molecule has 0 unspecified atom stereocenters. The van der Waals surface area contributed by atoms with E-state index in [0.717, 1.165) is 11.1 Å². The third kappa shape index (κ3) is 5.99. The van der Waals surface area contributed by atoms with Crippen molar-refractivity contribution in [1.82, 2.24) is 20.6 Å². The van der Waals surface area contributed by atoms with Gasteiger partial charge in [-0.1, -0.05) is 12.1 Å². The van der Waals surface area contributed by atoms with Crippen molar-refractivity contribution in [2.75, 3.05) is 40.5 Å². The van der Waals surface area contributed by atoms with Crippen LogP contribution in [0.5, 0.6) is 5.75 Å². The predicted octanol–water partition coefficient (Wildman–Crippen LogP) is 1.82. The van der Waals surface area contributed by atoms with Crippen LogP contribution in [0.2, 0.25) is 0 Å². The number of amides is 2. The smallest absolute Gasteiger partial charge is 0.273 e. The normalized spacial score (nSPS) is 10.9. The number of aromatic hydroxyl groups is 1. The van der Waals surface area contributed by atoms with E-state index in [-0.39, 0.29) is 47.8 Å². The van der Waals surface area contributed by atoms with Crippen LogP contribution in [0.3, 0.4) is 0 Å². The second-order valence-electron chi connectivity index (χ2n) is 7.20. The van der Waals surface area contributed by atoms with Crippen LogP contribution in [0.25, 0.3) is 10.9 Å². The van der Waals surface area contributed by atoms with Gasteiger partial charge in [0.15, 0.2) is 11.4 Å². The van der Waals surface area contributed by atoms with Gasteiger partial charge in [-0.05, 0) is 35.7 Å². The molecule has 0 fully saturated rings. The highest BCUT2D eigenvalue weighted by molar-refractivity contribution is 6.09. The highest BCUT2D eigenvalue weighted by atomic mass is 19.1. The summed E-state index contributed by atoms with van der Waals surface area (Å²) in [6, 6.07) is 7.71. The van der Waals surface area contributed by atoms with Crippen LogP contribution >= 0.6 is 0 Å². The number of nitrogens with one attached hydrogen (secondary N) is 2. The number of pyridine rings is 2. The number of benzene rings is 1. The molecule has 0 aliphatic carbocycles. The Kier molecular flexibility index (Phi) is 8.22. The van der Waals surface area contributed by atoms with Gasteiger partial charge in [0.1, 0.15) is 17.0 Å². The lowest BCUT2D eigenvalue weighted by atomic mass is 10.0. The van der Waals surface area contributed by atoms with Crippen molar-refractivity contribution < 1.29 is 28.6 Å². The van der Waals surface area contributed by atoms with Gasteiger partial charge < -0.3 is 25.2 Å². The Morgan fingerprint density at radius 1 is 0.970 bits per heavy atom. The summed E-state index contributed by atoms with van der Waals surface area (Å²) in [6.07, 6.45) is 1.96. The highest BCUT2D eigenvalue weighted by Crippen LogP contribution is 2.29. The first-order valence-corrected chi connectivity index (χ1v) is 10.2. The molecule has 0 saturated heterocycles. The summed E-state index contributed by atoms with van der Waals surface area (Å²) in [5, 5.41) is 16.2. The van der Waals surface area contributed by atoms with Gasteiger partial charge in [0, 0.05) is 38.9 Å². The Hall–Kier alpha value is -3.63. The Balaban J connectivity index is 2.02. The molecule has 3 aromatic rings. The van der Waals surface area contributed by atoms with Crippen molar-refractivity contribution in [1.29, 1.82) is 0 Å². The Morgan fingerprint density at radius 2 is 1.58 bits per heavy atom. The summed E-state index contributed by atoms with van der Waals surface area (Å²) in [5.41, 5.74) is 1.27. The zero-order valence-corrected chi connectivity index (χ0v) is 18.4. The van der Waals surface area contributed by atoms with Gasteiger partial charge in [0.2, 0.25) is 0 Å². The average Bonchev–Trinajstić information content (AvgIpc) is 2.81. The molecule has 2 aromatic heterocycles. The first-order valence-electron chi connectivity index (χ1n) is 10.2. The van der Waals surface area contributed by atoms with Crippen LogP contribution in [0, 0.1) is 5.82 Å². The van der Waals surface area contributed by atoms with E-state index >= 15 is 0 Å². The quantitative estimate of drug-likeness (QED) is 0.398. The fraction of sp³-hybridized carbons (Fsp3) is 0.304. The molecular weight excluding hydrogens is 431 g/mol. The van der Waals surface area contributed by atoms with Crippen molar-refractivity contribution in [2.24, 2.45) is 0 Å². The zero-order valence-electron chi connectivity index (χ0n) is 18.4. The van der Waals surface area contributed by atoms with E-state index in [9.17, 15) is 19.1 Å². The molecule has 0 aliphatic heterocycles. The third-order valence-corrected chi connectivity index (χ3v) is 4.81. The number of carbonyl (C=O) groups excluding carboxylic acids is 2. The highest BCUT2D eigenvalue weighted by Gasteiger charge is 2.23. The van der Waals surface area contributed by atoms with Gasteiger partial charge in [-0.2, -0.15) is 0 Å². The molecule has 2 heterocycles. The Labute approximate surface area is 190 Å². The van der Waals surface area contributed by atoms with Crippen molar-refractivity contribution in [3.8, 4) is 5.75 Å². The topological polar surface area (TPSA) is 123 Å². The van der Waals surface area contributed by atoms with Gasteiger partial charge >= 0.3 is 0 Å². The van der Waals surface area contributed by atoms with Crippen molar-refractivity contribution in [3.63, 3.8) is 0 Å². The van der Waals surface area contributed by atoms with Crippen molar-refractivity contribution in [3.05, 3.63) is 64.9 Å². The number of hydrogen-bond acceptors (Lipinski definition) is 7. The summed E-state index contributed by atoms with van der Waals surface area (Å²) in [6.45, 7) is 1.00.